The molecule has 0 atom stereocenters. The molecule has 0 aliphatic rings. The second-order valence-corrected chi connectivity index (χ2v) is 4.04. The second kappa shape index (κ2) is 5.87. The molecule has 2 rings (SSSR count). The number of H-pyrrole nitrogens is 1. The van der Waals surface area contributed by atoms with Crippen LogP contribution < -0.4 is 15.6 Å². The topological polar surface area (TPSA) is 114 Å². The van der Waals surface area contributed by atoms with Crippen molar-refractivity contribution in [1.29, 1.82) is 0 Å². The first-order valence-electron chi connectivity index (χ1n) is 5.84. The standard InChI is InChI=1S/C13H11N3O5/c1-21-11-6-9(16(19)20)3-4-10(11)15-13(18)8-2-5-12(17)14-7-8/h2-7H,1H3,(H,14,17)(H,15,18). The summed E-state index contributed by atoms with van der Waals surface area (Å²) in [6.07, 6.45) is 1.27. The molecular formula is C13H11N3O5. The number of non-ortho nitro benzene ring substituents is 1. The zero-order valence-corrected chi connectivity index (χ0v) is 11.0. The van der Waals surface area contributed by atoms with Gasteiger partial charge in [0.25, 0.3) is 11.6 Å². The van der Waals surface area contributed by atoms with Crippen molar-refractivity contribution in [2.75, 3.05) is 12.4 Å². The van der Waals surface area contributed by atoms with Crippen molar-refractivity contribution in [2.24, 2.45) is 0 Å². The van der Waals surface area contributed by atoms with Gasteiger partial charge in [0.1, 0.15) is 5.75 Å². The summed E-state index contributed by atoms with van der Waals surface area (Å²) < 4.78 is 5.02. The van der Waals surface area contributed by atoms with Crippen molar-refractivity contribution in [1.82, 2.24) is 4.98 Å². The van der Waals surface area contributed by atoms with Crippen molar-refractivity contribution < 1.29 is 14.5 Å². The van der Waals surface area contributed by atoms with Crippen molar-refractivity contribution >= 4 is 17.3 Å². The van der Waals surface area contributed by atoms with Gasteiger partial charge in [0.2, 0.25) is 5.56 Å². The van der Waals surface area contributed by atoms with Gasteiger partial charge in [-0.05, 0) is 12.1 Å². The fraction of sp³-hybridized carbons (Fsp3) is 0.0769. The number of nitrogens with zero attached hydrogens (tertiary/aromatic N) is 1. The highest BCUT2D eigenvalue weighted by Gasteiger charge is 2.14. The molecule has 108 valence electrons. The maximum atomic E-state index is 12.0. The molecule has 0 unspecified atom stereocenters. The van der Waals surface area contributed by atoms with Crippen LogP contribution in [0.5, 0.6) is 5.75 Å². The lowest BCUT2D eigenvalue weighted by Crippen LogP contribution is -2.15. The van der Waals surface area contributed by atoms with Crippen molar-refractivity contribution in [3.05, 3.63) is 62.6 Å². The number of rotatable bonds is 4. The summed E-state index contributed by atoms with van der Waals surface area (Å²) in [4.78, 5) is 35.4. The maximum Gasteiger partial charge on any atom is 0.273 e. The Kier molecular flexibility index (Phi) is 3.98. The van der Waals surface area contributed by atoms with Crippen LogP contribution in [0.2, 0.25) is 0 Å². The monoisotopic (exact) mass is 289 g/mol. The molecule has 0 fully saturated rings. The van der Waals surface area contributed by atoms with Crippen LogP contribution in [0.15, 0.2) is 41.3 Å². The quantitative estimate of drug-likeness (QED) is 0.654. The van der Waals surface area contributed by atoms with Gasteiger partial charge >= 0.3 is 0 Å². The molecule has 0 radical (unpaired) electrons. The van der Waals surface area contributed by atoms with E-state index in [4.69, 9.17) is 4.74 Å². The summed E-state index contributed by atoms with van der Waals surface area (Å²) in [5, 5.41) is 13.2. The molecule has 1 aromatic heterocycles. The maximum absolute atomic E-state index is 12.0. The van der Waals surface area contributed by atoms with Gasteiger partial charge in [0.05, 0.1) is 29.4 Å². The number of nitrogens with one attached hydrogen (secondary N) is 2. The number of ether oxygens (including phenoxy) is 1. The number of aromatic amines is 1. The summed E-state index contributed by atoms with van der Waals surface area (Å²) in [6, 6.07) is 6.43. The largest absolute Gasteiger partial charge is 0.494 e. The summed E-state index contributed by atoms with van der Waals surface area (Å²) in [6.45, 7) is 0. The third-order valence-electron chi connectivity index (χ3n) is 2.69. The summed E-state index contributed by atoms with van der Waals surface area (Å²) >= 11 is 0. The number of amides is 1. The van der Waals surface area contributed by atoms with Crippen LogP contribution in [-0.2, 0) is 0 Å². The highest BCUT2D eigenvalue weighted by Crippen LogP contribution is 2.29. The Bertz CT molecular complexity index is 733. The van der Waals surface area contributed by atoms with Crippen LogP contribution in [0.1, 0.15) is 10.4 Å². The summed E-state index contributed by atoms with van der Waals surface area (Å²) in [5.74, 6) is -0.305. The molecule has 0 aliphatic heterocycles. The van der Waals surface area contributed by atoms with Crippen LogP contribution >= 0.6 is 0 Å². The van der Waals surface area contributed by atoms with E-state index in [1.54, 1.807) is 0 Å². The van der Waals surface area contributed by atoms with Gasteiger partial charge in [0.15, 0.2) is 0 Å². The average Bonchev–Trinajstić information content (AvgIpc) is 2.48. The Hall–Kier alpha value is -3.16. The van der Waals surface area contributed by atoms with E-state index in [2.05, 4.69) is 10.3 Å². The van der Waals surface area contributed by atoms with Gasteiger partial charge in [-0.3, -0.25) is 19.7 Å². The normalized spacial score (nSPS) is 9.95. The van der Waals surface area contributed by atoms with Crippen LogP contribution in [0.25, 0.3) is 0 Å². The number of benzene rings is 1. The second-order valence-electron chi connectivity index (χ2n) is 4.04. The fourth-order valence-electron chi connectivity index (χ4n) is 1.64. The number of carbonyl (C=O) groups is 1. The van der Waals surface area contributed by atoms with Crippen molar-refractivity contribution in [2.45, 2.75) is 0 Å². The molecule has 0 saturated carbocycles. The Balaban J connectivity index is 2.26. The van der Waals surface area contributed by atoms with Gasteiger partial charge in [-0.2, -0.15) is 0 Å². The molecule has 2 aromatic rings. The van der Waals surface area contributed by atoms with Gasteiger partial charge in [0, 0.05) is 18.3 Å². The lowest BCUT2D eigenvalue weighted by molar-refractivity contribution is -0.384. The number of hydrogen-bond donors (Lipinski definition) is 2. The molecular weight excluding hydrogens is 278 g/mol. The number of nitro groups is 1. The summed E-state index contributed by atoms with van der Waals surface area (Å²) in [7, 11) is 1.34. The van der Waals surface area contributed by atoms with E-state index in [0.29, 0.717) is 5.69 Å². The smallest absolute Gasteiger partial charge is 0.273 e. The molecule has 1 heterocycles. The highest BCUT2D eigenvalue weighted by atomic mass is 16.6. The molecule has 2 N–H and O–H groups in total. The van der Waals surface area contributed by atoms with Gasteiger partial charge in [-0.15, -0.1) is 0 Å². The summed E-state index contributed by atoms with van der Waals surface area (Å²) in [5.41, 5.74) is 0.0719. The molecule has 8 heteroatoms. The highest BCUT2D eigenvalue weighted by molar-refractivity contribution is 6.04. The van der Waals surface area contributed by atoms with E-state index in [-0.39, 0.29) is 22.6 Å². The minimum absolute atomic E-state index is 0.145. The third-order valence-corrected chi connectivity index (χ3v) is 2.69. The average molecular weight is 289 g/mol. The zero-order valence-electron chi connectivity index (χ0n) is 11.0. The van der Waals surface area contributed by atoms with E-state index in [0.717, 1.165) is 0 Å². The van der Waals surface area contributed by atoms with Crippen LogP contribution in [0, 0.1) is 10.1 Å². The Morgan fingerprint density at radius 1 is 1.33 bits per heavy atom. The van der Waals surface area contributed by atoms with E-state index in [1.807, 2.05) is 0 Å². The Morgan fingerprint density at radius 3 is 2.67 bits per heavy atom. The first kappa shape index (κ1) is 14.3. The number of carbonyl (C=O) groups excluding carboxylic acids is 1. The molecule has 0 saturated heterocycles. The number of aromatic nitrogens is 1. The van der Waals surface area contributed by atoms with E-state index < -0.39 is 10.8 Å². The minimum atomic E-state index is -0.559. The van der Waals surface area contributed by atoms with Crippen molar-refractivity contribution in [3.8, 4) is 5.75 Å². The third kappa shape index (κ3) is 3.24. The minimum Gasteiger partial charge on any atom is -0.494 e. The number of methoxy groups -OCH3 is 1. The van der Waals surface area contributed by atoms with E-state index in [1.165, 1.54) is 43.6 Å². The Morgan fingerprint density at radius 2 is 2.10 bits per heavy atom. The van der Waals surface area contributed by atoms with E-state index >= 15 is 0 Å². The predicted molar refractivity (Wildman–Crippen MR) is 74.7 cm³/mol. The first-order valence-corrected chi connectivity index (χ1v) is 5.84. The number of hydrogen-bond acceptors (Lipinski definition) is 5. The van der Waals surface area contributed by atoms with E-state index in [9.17, 15) is 19.7 Å². The first-order chi connectivity index (χ1) is 10.0. The van der Waals surface area contributed by atoms with Crippen LogP contribution in [0.3, 0.4) is 0 Å². The van der Waals surface area contributed by atoms with Crippen LogP contribution in [-0.4, -0.2) is 22.9 Å². The lowest BCUT2D eigenvalue weighted by atomic mass is 10.2. The fourth-order valence-corrected chi connectivity index (χ4v) is 1.64. The van der Waals surface area contributed by atoms with Crippen LogP contribution in [0.4, 0.5) is 11.4 Å². The zero-order chi connectivity index (χ0) is 15.4. The van der Waals surface area contributed by atoms with Gasteiger partial charge < -0.3 is 15.0 Å². The molecule has 0 bridgehead atoms. The molecule has 8 nitrogen and oxygen atoms in total. The predicted octanol–water partition coefficient (Wildman–Crippen LogP) is 1.54. The number of anilines is 1. The Labute approximate surface area is 118 Å². The molecule has 1 aromatic carbocycles. The number of nitro benzene ring substituents is 1. The molecule has 21 heavy (non-hydrogen) atoms. The van der Waals surface area contributed by atoms with Gasteiger partial charge in [-0.25, -0.2) is 0 Å². The molecule has 0 spiro atoms. The SMILES string of the molecule is COc1cc([N+](=O)[O-])ccc1NC(=O)c1ccc(=O)[nH]c1. The number of pyridine rings is 1. The molecule has 0 aliphatic carbocycles. The van der Waals surface area contributed by atoms with Gasteiger partial charge in [-0.1, -0.05) is 0 Å². The molecule has 1 amide bonds. The van der Waals surface area contributed by atoms with Crippen molar-refractivity contribution in [3.63, 3.8) is 0 Å². The lowest BCUT2D eigenvalue weighted by Gasteiger charge is -2.09.